The van der Waals surface area contributed by atoms with Crippen molar-refractivity contribution in [2.24, 2.45) is 11.3 Å². The summed E-state index contributed by atoms with van der Waals surface area (Å²) in [6.07, 6.45) is 3.09. The number of carbonyl (C=O) groups excluding carboxylic acids is 3. The third kappa shape index (κ3) is 4.14. The molecule has 3 aliphatic rings. The van der Waals surface area contributed by atoms with Crippen molar-refractivity contribution in [2.75, 3.05) is 19.6 Å². The molecule has 0 saturated carbocycles. The summed E-state index contributed by atoms with van der Waals surface area (Å²) in [6.45, 7) is 8.91. The number of rotatable bonds is 6. The third-order valence-corrected chi connectivity index (χ3v) is 7.02. The summed E-state index contributed by atoms with van der Waals surface area (Å²) in [6, 6.07) is 5.25. The van der Waals surface area contributed by atoms with Crippen LogP contribution < -0.4 is 16.0 Å². The van der Waals surface area contributed by atoms with Gasteiger partial charge in [0.2, 0.25) is 11.8 Å². The lowest BCUT2D eigenvalue weighted by Gasteiger charge is -2.37. The Morgan fingerprint density at radius 3 is 2.63 bits per heavy atom. The molecule has 3 N–H and O–H groups in total. The zero-order valence-electron chi connectivity index (χ0n) is 17.9. The van der Waals surface area contributed by atoms with Crippen molar-refractivity contribution in [2.45, 2.75) is 58.7 Å². The van der Waals surface area contributed by atoms with Gasteiger partial charge in [0.25, 0.3) is 5.91 Å². The van der Waals surface area contributed by atoms with Crippen molar-refractivity contribution in [1.82, 2.24) is 20.9 Å². The van der Waals surface area contributed by atoms with E-state index in [9.17, 15) is 14.4 Å². The fourth-order valence-corrected chi connectivity index (χ4v) is 5.08. The summed E-state index contributed by atoms with van der Waals surface area (Å²) < 4.78 is 0. The molecule has 1 aromatic carbocycles. The summed E-state index contributed by atoms with van der Waals surface area (Å²) in [5.41, 5.74) is 3.00. The van der Waals surface area contributed by atoms with Gasteiger partial charge in [0.15, 0.2) is 0 Å². The lowest BCUT2D eigenvalue weighted by molar-refractivity contribution is -0.136. The Balaban J connectivity index is 1.41. The first-order valence-electron chi connectivity index (χ1n) is 11.0. The van der Waals surface area contributed by atoms with Crippen molar-refractivity contribution in [1.29, 1.82) is 0 Å². The van der Waals surface area contributed by atoms with Crippen LogP contribution in [0, 0.1) is 11.3 Å². The standard InChI is InChI=1S/C23H32N4O3/c1-23(2,16-8-10-24-11-9-16)14-25-12-15-4-3-5-17-18(15)13-27(22(17)30)19-6-7-20(28)26-21(19)29/h3-5,16,19,24-25H,6-14H2,1-2H3,(H,26,28,29). The second kappa shape index (κ2) is 8.47. The van der Waals surface area contributed by atoms with Crippen LogP contribution in [0.3, 0.4) is 0 Å². The van der Waals surface area contributed by atoms with E-state index in [0.29, 0.717) is 31.0 Å². The summed E-state index contributed by atoms with van der Waals surface area (Å²) in [5, 5.41) is 9.41. The molecule has 1 atom stereocenters. The minimum Gasteiger partial charge on any atom is -0.322 e. The van der Waals surface area contributed by atoms with Gasteiger partial charge in [-0.15, -0.1) is 0 Å². The monoisotopic (exact) mass is 412 g/mol. The van der Waals surface area contributed by atoms with Crippen molar-refractivity contribution < 1.29 is 14.4 Å². The van der Waals surface area contributed by atoms with Gasteiger partial charge in [-0.3, -0.25) is 19.7 Å². The van der Waals surface area contributed by atoms with Gasteiger partial charge < -0.3 is 15.5 Å². The maximum absolute atomic E-state index is 12.9. The first-order chi connectivity index (χ1) is 14.4. The highest BCUT2D eigenvalue weighted by Crippen LogP contribution is 2.33. The van der Waals surface area contributed by atoms with Crippen LogP contribution in [0.15, 0.2) is 18.2 Å². The molecule has 0 aliphatic carbocycles. The Hall–Kier alpha value is -2.25. The fourth-order valence-electron chi connectivity index (χ4n) is 5.08. The molecule has 3 amide bonds. The second-order valence-electron chi connectivity index (χ2n) is 9.46. The van der Waals surface area contributed by atoms with E-state index < -0.39 is 6.04 Å². The summed E-state index contributed by atoms with van der Waals surface area (Å²) in [4.78, 5) is 38.3. The second-order valence-corrected chi connectivity index (χ2v) is 9.46. The van der Waals surface area contributed by atoms with Crippen LogP contribution in [0.1, 0.15) is 61.0 Å². The molecule has 0 radical (unpaired) electrons. The smallest absolute Gasteiger partial charge is 0.255 e. The van der Waals surface area contributed by atoms with E-state index in [0.717, 1.165) is 30.8 Å². The predicted molar refractivity (Wildman–Crippen MR) is 114 cm³/mol. The van der Waals surface area contributed by atoms with E-state index >= 15 is 0 Å². The van der Waals surface area contributed by atoms with E-state index in [-0.39, 0.29) is 29.6 Å². The predicted octanol–water partition coefficient (Wildman–Crippen LogP) is 1.56. The molecule has 0 bridgehead atoms. The molecule has 3 heterocycles. The van der Waals surface area contributed by atoms with E-state index in [1.807, 2.05) is 12.1 Å². The fraction of sp³-hybridized carbons (Fsp3) is 0.609. The molecule has 4 rings (SSSR count). The molecule has 2 saturated heterocycles. The van der Waals surface area contributed by atoms with E-state index in [1.165, 1.54) is 12.8 Å². The SMILES string of the molecule is CC(C)(CNCc1cccc2c1CN(C1CCC(=O)NC1=O)C2=O)C1CCNCC1. The van der Waals surface area contributed by atoms with Crippen LogP contribution in [0.4, 0.5) is 0 Å². The largest absolute Gasteiger partial charge is 0.322 e. The molecule has 3 aliphatic heterocycles. The highest BCUT2D eigenvalue weighted by molar-refractivity contribution is 6.05. The Bertz CT molecular complexity index is 845. The number of nitrogens with one attached hydrogen (secondary N) is 3. The molecule has 2 fully saturated rings. The van der Waals surface area contributed by atoms with E-state index in [1.54, 1.807) is 4.90 Å². The zero-order chi connectivity index (χ0) is 21.3. The van der Waals surface area contributed by atoms with Crippen LogP contribution in [0.2, 0.25) is 0 Å². The first kappa shape index (κ1) is 21.0. The molecule has 30 heavy (non-hydrogen) atoms. The van der Waals surface area contributed by atoms with Gasteiger partial charge in [-0.25, -0.2) is 0 Å². The lowest BCUT2D eigenvalue weighted by atomic mass is 9.74. The maximum atomic E-state index is 12.9. The van der Waals surface area contributed by atoms with Gasteiger partial charge in [-0.05, 0) is 60.9 Å². The Labute approximate surface area is 178 Å². The number of fused-ring (bicyclic) bond motifs is 1. The Kier molecular flexibility index (Phi) is 5.93. The van der Waals surface area contributed by atoms with Crippen LogP contribution in [0.5, 0.6) is 0 Å². The summed E-state index contributed by atoms with van der Waals surface area (Å²) in [7, 11) is 0. The molecule has 162 valence electrons. The van der Waals surface area contributed by atoms with Crippen molar-refractivity contribution in [3.8, 4) is 0 Å². The van der Waals surface area contributed by atoms with Gasteiger partial charge in [0.05, 0.1) is 0 Å². The van der Waals surface area contributed by atoms with Crippen molar-refractivity contribution in [3.63, 3.8) is 0 Å². The summed E-state index contributed by atoms with van der Waals surface area (Å²) >= 11 is 0. The average molecular weight is 413 g/mol. The number of imide groups is 1. The van der Waals surface area contributed by atoms with E-state index in [4.69, 9.17) is 0 Å². The average Bonchev–Trinajstić information content (AvgIpc) is 3.06. The van der Waals surface area contributed by atoms with Crippen LogP contribution >= 0.6 is 0 Å². The third-order valence-electron chi connectivity index (χ3n) is 7.02. The first-order valence-corrected chi connectivity index (χ1v) is 11.0. The number of hydrogen-bond donors (Lipinski definition) is 3. The zero-order valence-corrected chi connectivity index (χ0v) is 17.9. The molecule has 7 nitrogen and oxygen atoms in total. The number of piperidine rings is 2. The van der Waals surface area contributed by atoms with Gasteiger partial charge in [-0.1, -0.05) is 26.0 Å². The van der Waals surface area contributed by atoms with Gasteiger partial charge in [-0.2, -0.15) is 0 Å². The normalized spacial score (nSPS) is 22.9. The van der Waals surface area contributed by atoms with Gasteiger partial charge in [0, 0.05) is 31.6 Å². The molecule has 1 unspecified atom stereocenters. The van der Waals surface area contributed by atoms with Crippen molar-refractivity contribution >= 4 is 17.7 Å². The lowest BCUT2D eigenvalue weighted by Crippen LogP contribution is -2.52. The van der Waals surface area contributed by atoms with Crippen LogP contribution in [-0.2, 0) is 22.7 Å². The number of hydrogen-bond acceptors (Lipinski definition) is 5. The minimum atomic E-state index is -0.567. The number of benzene rings is 1. The topological polar surface area (TPSA) is 90.5 Å². The quantitative estimate of drug-likeness (QED) is 0.617. The van der Waals surface area contributed by atoms with Crippen LogP contribution in [-0.4, -0.2) is 48.3 Å². The number of amides is 3. The molecule has 0 aromatic heterocycles. The molecule has 0 spiro atoms. The number of nitrogens with zero attached hydrogens (tertiary/aromatic N) is 1. The minimum absolute atomic E-state index is 0.114. The number of carbonyl (C=O) groups is 3. The van der Waals surface area contributed by atoms with E-state index in [2.05, 4.69) is 35.9 Å². The maximum Gasteiger partial charge on any atom is 0.255 e. The molecule has 7 heteroatoms. The molecular formula is C23H32N4O3. The Morgan fingerprint density at radius 2 is 1.90 bits per heavy atom. The highest BCUT2D eigenvalue weighted by atomic mass is 16.2. The van der Waals surface area contributed by atoms with Gasteiger partial charge >= 0.3 is 0 Å². The van der Waals surface area contributed by atoms with Crippen LogP contribution in [0.25, 0.3) is 0 Å². The van der Waals surface area contributed by atoms with Crippen molar-refractivity contribution in [3.05, 3.63) is 34.9 Å². The molecular weight excluding hydrogens is 380 g/mol. The molecule has 1 aromatic rings. The van der Waals surface area contributed by atoms with Gasteiger partial charge in [0.1, 0.15) is 6.04 Å². The highest BCUT2D eigenvalue weighted by Gasteiger charge is 2.39. The Morgan fingerprint density at radius 1 is 1.13 bits per heavy atom. The summed E-state index contributed by atoms with van der Waals surface area (Å²) in [5.74, 6) is -0.0359.